The molecule has 10 N–H and O–H groups in total. The van der Waals surface area contributed by atoms with E-state index in [-0.39, 0.29) is 63.3 Å². The maximum Gasteiger partial charge on any atom is 0.408 e. The van der Waals surface area contributed by atoms with Crippen LogP contribution in [-0.4, -0.2) is 145 Å². The van der Waals surface area contributed by atoms with Crippen LogP contribution in [0.4, 0.5) is 4.79 Å². The van der Waals surface area contributed by atoms with E-state index in [4.69, 9.17) is 9.47 Å². The van der Waals surface area contributed by atoms with Gasteiger partial charge < -0.3 is 66.7 Å². The van der Waals surface area contributed by atoms with Gasteiger partial charge in [0.1, 0.15) is 60.7 Å². The first-order chi connectivity index (χ1) is 40.7. The summed E-state index contributed by atoms with van der Waals surface area (Å²) in [6, 6.07) is 14.1. The highest BCUT2D eigenvalue weighted by Gasteiger charge is 2.41. The minimum atomic E-state index is -1.33. The molecule has 1 aliphatic rings. The number of amides is 8. The number of likely N-dealkylation sites (tertiary alicyclic amines) is 1. The average molecular weight is 1170 g/mol. The van der Waals surface area contributed by atoms with Gasteiger partial charge in [0.25, 0.3) is 0 Å². The number of hydrogen-bond acceptors (Lipinski definition) is 14. The normalized spacial score (nSPS) is 15.8. The molecular weight excluding hydrogens is 1090 g/mol. The summed E-state index contributed by atoms with van der Waals surface area (Å²) in [5, 5.41) is 29.5. The molecule has 0 bridgehead atoms. The fourth-order valence-corrected chi connectivity index (χ4v) is 9.83. The third kappa shape index (κ3) is 19.8. The fraction of sp³-hybridized carbons (Fsp3) is 0.459. The molecule has 5 aromatic rings. The summed E-state index contributed by atoms with van der Waals surface area (Å²) in [6.45, 7) is 10.8. The number of methoxy groups -OCH3 is 1. The number of phenolic OH excluding ortho intramolecular Hbond substituents is 1. The fourth-order valence-electron chi connectivity index (χ4n) is 9.83. The second kappa shape index (κ2) is 32.1. The lowest BCUT2D eigenvalue weighted by molar-refractivity contribution is -0.146. The van der Waals surface area contributed by atoms with E-state index in [9.17, 15) is 43.5 Å². The van der Waals surface area contributed by atoms with Crippen LogP contribution < -0.4 is 37.2 Å². The molecular formula is C61H80N12O12. The molecule has 456 valence electrons. The molecule has 9 unspecified atom stereocenters. The molecule has 0 saturated carbocycles. The van der Waals surface area contributed by atoms with Crippen molar-refractivity contribution < 1.29 is 57.7 Å². The van der Waals surface area contributed by atoms with Gasteiger partial charge in [-0.25, -0.2) is 19.6 Å². The van der Waals surface area contributed by atoms with Crippen LogP contribution in [0.1, 0.15) is 95.3 Å². The van der Waals surface area contributed by atoms with E-state index in [1.54, 1.807) is 87.5 Å². The predicted octanol–water partition coefficient (Wildman–Crippen LogP) is 3.23. The summed E-state index contributed by atoms with van der Waals surface area (Å²) in [5.41, 5.74) is 2.92. The number of hydrogen-bond donors (Lipinski definition) is 10. The molecule has 9 atom stereocenters. The van der Waals surface area contributed by atoms with Gasteiger partial charge >= 0.3 is 12.1 Å². The van der Waals surface area contributed by atoms with E-state index in [0.717, 1.165) is 5.56 Å². The van der Waals surface area contributed by atoms with Crippen molar-refractivity contribution in [3.63, 3.8) is 0 Å². The van der Waals surface area contributed by atoms with Crippen LogP contribution in [0.25, 0.3) is 0 Å². The lowest BCUT2D eigenvalue weighted by Crippen LogP contribution is -2.61. The number of phenols is 1. The van der Waals surface area contributed by atoms with Crippen molar-refractivity contribution >= 4 is 53.4 Å². The summed E-state index contributed by atoms with van der Waals surface area (Å²) < 4.78 is 10.4. The minimum absolute atomic E-state index is 0.00586. The molecule has 8 amide bonds. The van der Waals surface area contributed by atoms with Crippen LogP contribution in [0.15, 0.2) is 110 Å². The Morgan fingerprint density at radius 2 is 1.11 bits per heavy atom. The van der Waals surface area contributed by atoms with E-state index in [1.165, 1.54) is 49.2 Å². The van der Waals surface area contributed by atoms with Gasteiger partial charge in [-0.3, -0.25) is 33.6 Å². The smallest absolute Gasteiger partial charge is 0.408 e. The van der Waals surface area contributed by atoms with E-state index < -0.39 is 114 Å². The molecule has 1 fully saturated rings. The number of alkyl carbamates (subject to hydrolysis) is 1. The zero-order valence-electron chi connectivity index (χ0n) is 49.1. The van der Waals surface area contributed by atoms with Crippen molar-refractivity contribution in [1.29, 1.82) is 0 Å². The van der Waals surface area contributed by atoms with Gasteiger partial charge in [0.15, 0.2) is 0 Å². The molecule has 1 saturated heterocycles. The number of carbonyl (C=O) groups is 9. The third-order valence-electron chi connectivity index (χ3n) is 14.7. The zero-order valence-corrected chi connectivity index (χ0v) is 49.1. The molecule has 0 aliphatic carbocycles. The number of nitrogens with zero attached hydrogens (tertiary/aromatic N) is 3. The topological polar surface area (TPSA) is 337 Å². The Bertz CT molecular complexity index is 2980. The molecule has 24 nitrogen and oxygen atoms in total. The molecule has 0 spiro atoms. The van der Waals surface area contributed by atoms with Gasteiger partial charge in [-0.05, 0) is 65.8 Å². The summed E-state index contributed by atoms with van der Waals surface area (Å²) >= 11 is 0. The molecule has 6 rings (SSSR count). The zero-order chi connectivity index (χ0) is 61.6. The number of H-pyrrole nitrogens is 2. The Labute approximate surface area is 494 Å². The van der Waals surface area contributed by atoms with Gasteiger partial charge in [0, 0.05) is 56.0 Å². The second-order valence-corrected chi connectivity index (χ2v) is 22.1. The maximum atomic E-state index is 15.0. The van der Waals surface area contributed by atoms with Crippen molar-refractivity contribution in [3.8, 4) is 5.75 Å². The van der Waals surface area contributed by atoms with E-state index in [0.29, 0.717) is 35.4 Å². The van der Waals surface area contributed by atoms with Crippen LogP contribution in [0.3, 0.4) is 0 Å². The largest absolute Gasteiger partial charge is 0.508 e. The van der Waals surface area contributed by atoms with Gasteiger partial charge in [-0.15, -0.1) is 0 Å². The molecule has 0 radical (unpaired) electrons. The Kier molecular flexibility index (Phi) is 24.6. The van der Waals surface area contributed by atoms with Crippen LogP contribution in [-0.2, 0) is 80.1 Å². The highest BCUT2D eigenvalue weighted by molar-refractivity contribution is 5.98. The third-order valence-corrected chi connectivity index (χ3v) is 14.7. The number of aromatic nitrogens is 4. The number of aromatic hydroxyl groups is 1. The standard InChI is InChI=1S/C61H80N12O12/c1-8-38(6)52(71-55(77)46(28-40-21-23-44(74)24-22-40)68-57(79)51(37(4)5)72-61(83)85-33-41-18-13-10-14-19-41)58(80)69-48(30-43-32-63-35-65-43)59(81)73-25-15-20-50(73)56(78)67-45(27-39-16-11-9-12-17-39)53(75)66-47(29-42-31-62-34-64-42)54(76)70-49(26-36(2)3)60(82)84-7/h9-14,16-19,21-24,31-32,34-38,45-52,74H,8,15,20,25-30,33H2,1-7H3,(H,62,64)(H,63,65)(H,66,75)(H,67,78)(H,68,79)(H,69,80)(H,70,76)(H,71,77)(H,72,83). The van der Waals surface area contributed by atoms with E-state index in [2.05, 4.69) is 57.2 Å². The van der Waals surface area contributed by atoms with Crippen LogP contribution >= 0.6 is 0 Å². The Morgan fingerprint density at radius 3 is 1.66 bits per heavy atom. The van der Waals surface area contributed by atoms with Crippen LogP contribution in [0, 0.1) is 17.8 Å². The minimum Gasteiger partial charge on any atom is -0.508 e. The Hall–Kier alpha value is -9.09. The van der Waals surface area contributed by atoms with E-state index in [1.807, 2.05) is 26.8 Å². The first-order valence-corrected chi connectivity index (χ1v) is 28.7. The Balaban J connectivity index is 1.21. The van der Waals surface area contributed by atoms with E-state index >= 15 is 4.79 Å². The monoisotopic (exact) mass is 1170 g/mol. The number of aromatic amines is 2. The van der Waals surface area contributed by atoms with Crippen molar-refractivity contribution in [1.82, 2.24) is 62.1 Å². The van der Waals surface area contributed by atoms with Crippen LogP contribution in [0.5, 0.6) is 5.75 Å². The molecule has 3 heterocycles. The van der Waals surface area contributed by atoms with Crippen molar-refractivity contribution in [3.05, 3.63) is 138 Å². The first kappa shape index (κ1) is 65.1. The molecule has 24 heteroatoms. The number of benzene rings is 3. The lowest BCUT2D eigenvalue weighted by atomic mass is 9.96. The van der Waals surface area contributed by atoms with Gasteiger partial charge in [-0.2, -0.15) is 0 Å². The summed E-state index contributed by atoms with van der Waals surface area (Å²) in [6.07, 6.45) is 5.88. The number of esters is 1. The lowest BCUT2D eigenvalue weighted by Gasteiger charge is -2.32. The SMILES string of the molecule is CCC(C)C(NC(=O)C(Cc1ccc(O)cc1)NC(=O)C(NC(=O)OCc1ccccc1)C(C)C)C(=O)NC(Cc1cnc[nH]1)C(=O)N1CCCC1C(=O)NC(Cc1ccccc1)C(=O)NC(Cc1cnc[nH]1)C(=O)NC(CC(C)C)C(=O)OC. The highest BCUT2D eigenvalue weighted by Crippen LogP contribution is 2.22. The quantitative estimate of drug-likeness (QED) is 0.0295. The van der Waals surface area contributed by atoms with Gasteiger partial charge in [-0.1, -0.05) is 121 Å². The summed E-state index contributed by atoms with van der Waals surface area (Å²) in [5.74, 6) is -6.63. The van der Waals surface area contributed by atoms with Crippen molar-refractivity contribution in [2.45, 2.75) is 148 Å². The molecule has 1 aliphatic heterocycles. The average Bonchev–Trinajstić information content (AvgIpc) is 4.43. The molecule has 3 aromatic carbocycles. The summed E-state index contributed by atoms with van der Waals surface area (Å²) in [4.78, 5) is 143. The van der Waals surface area contributed by atoms with Crippen LogP contribution in [0.2, 0.25) is 0 Å². The number of ether oxygens (including phenoxy) is 2. The van der Waals surface area contributed by atoms with Gasteiger partial charge in [0.2, 0.25) is 41.4 Å². The first-order valence-electron chi connectivity index (χ1n) is 28.7. The highest BCUT2D eigenvalue weighted by atomic mass is 16.5. The number of imidazole rings is 2. The molecule has 2 aromatic heterocycles. The maximum absolute atomic E-state index is 15.0. The summed E-state index contributed by atoms with van der Waals surface area (Å²) in [7, 11) is 1.22. The van der Waals surface area contributed by atoms with Gasteiger partial charge in [0.05, 0.1) is 19.8 Å². The predicted molar refractivity (Wildman–Crippen MR) is 312 cm³/mol. The Morgan fingerprint density at radius 1 is 0.600 bits per heavy atom. The number of rotatable bonds is 30. The second-order valence-electron chi connectivity index (χ2n) is 22.1. The van der Waals surface area contributed by atoms with Crippen molar-refractivity contribution in [2.75, 3.05) is 13.7 Å². The van der Waals surface area contributed by atoms with Crippen molar-refractivity contribution in [2.24, 2.45) is 17.8 Å². The number of carbonyl (C=O) groups excluding carboxylic acids is 9. The molecule has 85 heavy (non-hydrogen) atoms. The number of nitrogens with one attached hydrogen (secondary N) is 9.